The molecule has 33 heteroatoms. The van der Waals surface area contributed by atoms with E-state index in [2.05, 4.69) is 36.8 Å². The predicted molar refractivity (Wildman–Crippen MR) is 394 cm³/mol. The maximum Gasteiger partial charge on any atom is 0.343 e. The Hall–Kier alpha value is -8.58. The van der Waals surface area contributed by atoms with Gasteiger partial charge in [0.1, 0.15) is 31.8 Å². The number of likely N-dealkylation sites (tertiary alicyclic amines) is 1. The minimum Gasteiger partial charge on any atom is -0.458 e. The molecule has 1 aliphatic carbocycles. The van der Waals surface area contributed by atoms with E-state index < -0.39 is 72.6 Å². The van der Waals surface area contributed by atoms with Gasteiger partial charge in [-0.05, 0) is 112 Å². The highest BCUT2D eigenvalue weighted by Crippen LogP contribution is 2.41. The van der Waals surface area contributed by atoms with E-state index in [1.807, 2.05) is 0 Å². The first kappa shape index (κ1) is 85.4. The number of ether oxygens (including phenoxy) is 11. The van der Waals surface area contributed by atoms with Crippen LogP contribution in [0, 0.1) is 30.5 Å². The van der Waals surface area contributed by atoms with E-state index in [4.69, 9.17) is 57.1 Å². The molecule has 2 aromatic heterocycles. The number of rotatable bonds is 50. The van der Waals surface area contributed by atoms with Crippen molar-refractivity contribution in [2.75, 3.05) is 178 Å². The largest absolute Gasteiger partial charge is 0.458 e. The molecule has 32 nitrogen and oxygen atoms in total. The summed E-state index contributed by atoms with van der Waals surface area (Å²) in [4.78, 5) is 136. The van der Waals surface area contributed by atoms with Crippen molar-refractivity contribution in [2.45, 2.75) is 103 Å². The second-order valence-corrected chi connectivity index (χ2v) is 27.5. The smallest absolute Gasteiger partial charge is 0.343 e. The molecule has 0 bridgehead atoms. The average molecular weight is 1540 g/mol. The number of imide groups is 1. The highest BCUT2D eigenvalue weighted by molar-refractivity contribution is 6.13. The fraction of sp³-hybridized carbons (Fsp3) is 0.597. The number of fused-ring (bicyclic) bond motifs is 5. The Morgan fingerprint density at radius 2 is 1.19 bits per heavy atom. The van der Waals surface area contributed by atoms with Crippen LogP contribution in [0.1, 0.15) is 91.7 Å². The number of carbonyl (C=O) groups is 9. The van der Waals surface area contributed by atoms with E-state index in [0.717, 1.165) is 80.1 Å². The summed E-state index contributed by atoms with van der Waals surface area (Å²) < 4.78 is 77.2. The Labute approximate surface area is 638 Å². The van der Waals surface area contributed by atoms with Crippen molar-refractivity contribution >= 4 is 64.1 Å². The number of carbonyl (C=O) groups excluding carboxylic acids is 9. The number of nitrogens with zero attached hydrogens (tertiary/aromatic N) is 4. The molecule has 6 heterocycles. The molecule has 2 atom stereocenters. The molecular formula is C77H105FN10O22. The minimum absolute atomic E-state index is 0.00811. The molecule has 602 valence electrons. The Balaban J connectivity index is 0.523. The van der Waals surface area contributed by atoms with E-state index in [9.17, 15) is 53.1 Å². The molecule has 110 heavy (non-hydrogen) atoms. The number of aliphatic hydroxyl groups is 1. The fourth-order valence-electron chi connectivity index (χ4n) is 13.5. The molecule has 2 fully saturated rings. The van der Waals surface area contributed by atoms with Crippen molar-refractivity contribution < 1.29 is 105 Å². The summed E-state index contributed by atoms with van der Waals surface area (Å²) in [7, 11) is 0. The van der Waals surface area contributed by atoms with E-state index in [-0.39, 0.29) is 98.8 Å². The van der Waals surface area contributed by atoms with Gasteiger partial charge in [-0.25, -0.2) is 14.2 Å². The van der Waals surface area contributed by atoms with Crippen LogP contribution in [-0.4, -0.2) is 262 Å². The van der Waals surface area contributed by atoms with Crippen LogP contribution in [0.2, 0.25) is 0 Å². The SMILES string of the molecule is CCC1(O)C(=O)OCc2c1cc1n(c2=O)Cc2c-1nc1cc(F)c(C)cc1c2CN1CCC(CCOCNC(=O)CNC(=O)[C@H](Cc2ccccc2)NC(=O)CNC(=O)CNC(=O)COCCOCCOCCOCCOCCOCCOCCOCCOCCNC(=O)C2CCC(CN3C(=O)C=CC3=O)CC2)CC1. The molecule has 0 spiro atoms. The Bertz CT molecular complexity index is 3810. The summed E-state index contributed by atoms with van der Waals surface area (Å²) in [5.74, 6) is -4.31. The van der Waals surface area contributed by atoms with Crippen molar-refractivity contribution in [3.05, 3.63) is 110 Å². The lowest BCUT2D eigenvalue weighted by atomic mass is 9.81. The summed E-state index contributed by atoms with van der Waals surface area (Å²) in [5.41, 5.74) is 2.44. The number of nitrogens with one attached hydrogen (secondary N) is 6. The number of aromatic nitrogens is 2. The van der Waals surface area contributed by atoms with Crippen molar-refractivity contribution in [3.8, 4) is 11.4 Å². The molecule has 5 aliphatic rings. The van der Waals surface area contributed by atoms with Crippen LogP contribution in [0.25, 0.3) is 22.3 Å². The van der Waals surface area contributed by atoms with Gasteiger partial charge in [0.15, 0.2) is 5.60 Å². The summed E-state index contributed by atoms with van der Waals surface area (Å²) in [6.07, 6.45) is 8.22. The number of halogens is 1. The third kappa shape index (κ3) is 26.3. The zero-order valence-electron chi connectivity index (χ0n) is 62.8. The monoisotopic (exact) mass is 1540 g/mol. The van der Waals surface area contributed by atoms with Gasteiger partial charge in [0, 0.05) is 73.3 Å². The first-order valence-electron chi connectivity index (χ1n) is 37.9. The maximum absolute atomic E-state index is 15.1. The predicted octanol–water partition coefficient (Wildman–Crippen LogP) is 1.29. The Kier molecular flexibility index (Phi) is 35.0. The fourth-order valence-corrected chi connectivity index (χ4v) is 13.5. The molecule has 1 saturated heterocycles. The van der Waals surface area contributed by atoms with Gasteiger partial charge in [0.25, 0.3) is 17.4 Å². The highest BCUT2D eigenvalue weighted by Gasteiger charge is 2.46. The van der Waals surface area contributed by atoms with Crippen LogP contribution in [0.4, 0.5) is 4.39 Å². The molecule has 0 radical (unpaired) electrons. The Morgan fingerprint density at radius 3 is 1.80 bits per heavy atom. The summed E-state index contributed by atoms with van der Waals surface area (Å²) >= 11 is 0. The van der Waals surface area contributed by atoms with Crippen molar-refractivity contribution in [2.24, 2.45) is 17.8 Å². The topological polar surface area (TPSA) is 389 Å². The summed E-state index contributed by atoms with van der Waals surface area (Å²) in [6, 6.07) is 12.7. The average Bonchev–Trinajstić information content (AvgIpc) is 1.51. The third-order valence-corrected chi connectivity index (χ3v) is 19.8. The molecule has 8 amide bonds. The first-order valence-corrected chi connectivity index (χ1v) is 37.9. The highest BCUT2D eigenvalue weighted by atomic mass is 19.1. The molecule has 4 aliphatic heterocycles. The molecule has 1 saturated carbocycles. The first-order chi connectivity index (χ1) is 53.4. The number of hydrogen-bond acceptors (Lipinski definition) is 24. The number of cyclic esters (lactones) is 1. The van der Waals surface area contributed by atoms with Crippen LogP contribution in [0.15, 0.2) is 65.5 Å². The van der Waals surface area contributed by atoms with Gasteiger partial charge >= 0.3 is 5.97 Å². The van der Waals surface area contributed by atoms with Gasteiger partial charge in [-0.3, -0.25) is 53.0 Å². The minimum atomic E-state index is -1.98. The van der Waals surface area contributed by atoms with Crippen LogP contribution < -0.4 is 37.5 Å². The van der Waals surface area contributed by atoms with Gasteiger partial charge in [-0.1, -0.05) is 37.3 Å². The second-order valence-electron chi connectivity index (χ2n) is 27.5. The normalized spacial score (nSPS) is 17.9. The van der Waals surface area contributed by atoms with Gasteiger partial charge in [-0.2, -0.15) is 0 Å². The molecule has 1 unspecified atom stereocenters. The van der Waals surface area contributed by atoms with Gasteiger partial charge in [0.2, 0.25) is 35.4 Å². The lowest BCUT2D eigenvalue weighted by Crippen LogP contribution is -2.52. The number of hydrogen-bond donors (Lipinski definition) is 7. The van der Waals surface area contributed by atoms with Crippen LogP contribution in [0.5, 0.6) is 0 Å². The Morgan fingerprint density at radius 1 is 0.627 bits per heavy atom. The number of benzene rings is 2. The summed E-state index contributed by atoms with van der Waals surface area (Å²) in [5, 5.41) is 27.8. The maximum atomic E-state index is 15.1. The number of pyridine rings is 2. The van der Waals surface area contributed by atoms with Crippen molar-refractivity contribution in [3.63, 3.8) is 0 Å². The van der Waals surface area contributed by atoms with Crippen LogP contribution >= 0.6 is 0 Å². The van der Waals surface area contributed by atoms with Gasteiger partial charge < -0.3 is 93.7 Å². The zero-order valence-corrected chi connectivity index (χ0v) is 62.8. The molecule has 9 rings (SSSR count). The third-order valence-electron chi connectivity index (χ3n) is 19.8. The van der Waals surface area contributed by atoms with Crippen LogP contribution in [-0.2, 0) is 127 Å². The van der Waals surface area contributed by atoms with Crippen LogP contribution in [0.3, 0.4) is 0 Å². The van der Waals surface area contributed by atoms with Crippen molar-refractivity contribution in [1.82, 2.24) is 51.3 Å². The number of piperidine rings is 1. The van der Waals surface area contributed by atoms with E-state index in [1.54, 1.807) is 60.9 Å². The standard InChI is InChI=1S/C77H105FN10O22/c1-3-77(99)61-41-65-72-59(48-87(65)75(97)60(61)49-110-76(77)98)58(57-39-52(2)62(78)42-63(57)85-72)47-86-19-15-53(16-20-86)17-21-109-51-83-67(90)44-82-74(96)64(40-54-7-5-4-6-8-54)84-68(91)45-80-66(89)43-81-69(92)50-108-38-37-107-36-35-106-34-33-105-32-31-104-30-29-103-28-27-102-26-25-101-24-23-100-22-18-79-73(95)56-11-9-55(10-12-56)46-88-70(93)13-14-71(88)94/h4-8,13-14,39,41-42,53,55-56,64,99H,3,9-12,15-38,40,43-51H2,1-2H3,(H,79,95)(H,80,89)(H,81,92)(H,82,96)(H,83,90)(H,84,91)/t55?,56?,64-,77?/m0/s1. The van der Waals surface area contributed by atoms with E-state index in [1.165, 1.54) is 23.1 Å². The number of aryl methyl sites for hydroxylation is 1. The summed E-state index contributed by atoms with van der Waals surface area (Å²) in [6.45, 7) is 10.9. The molecule has 4 aromatic rings. The lowest BCUT2D eigenvalue weighted by molar-refractivity contribution is -0.172. The number of amides is 8. The molecular weight excluding hydrogens is 1440 g/mol. The van der Waals surface area contributed by atoms with Crippen molar-refractivity contribution in [1.29, 1.82) is 0 Å². The second kappa shape index (κ2) is 45.1. The molecule has 7 N–H and O–H groups in total. The van der Waals surface area contributed by atoms with Gasteiger partial charge in [-0.15, -0.1) is 0 Å². The van der Waals surface area contributed by atoms with E-state index >= 15 is 4.39 Å². The zero-order chi connectivity index (χ0) is 78.0. The van der Waals surface area contributed by atoms with Gasteiger partial charge in [0.05, 0.1) is 161 Å². The quantitative estimate of drug-likeness (QED) is 0.0125. The van der Waals surface area contributed by atoms with E-state index in [0.29, 0.717) is 154 Å². The number of esters is 1. The molecule has 2 aromatic carbocycles. The lowest BCUT2D eigenvalue weighted by Gasteiger charge is -2.32.